The van der Waals surface area contributed by atoms with Crippen molar-refractivity contribution in [3.8, 4) is 0 Å². The standard InChI is InChI=1S/C15H24N4/c1-5-7-12(8-6-2)17-13-9-14-11(3)18-19(4)15(14)16-10-13/h9-10,12,17H,5-8H2,1-4H3. The predicted molar refractivity (Wildman–Crippen MR) is 80.5 cm³/mol. The van der Waals surface area contributed by atoms with E-state index in [4.69, 9.17) is 0 Å². The summed E-state index contributed by atoms with van der Waals surface area (Å²) in [6.07, 6.45) is 6.75. The van der Waals surface area contributed by atoms with Crippen molar-refractivity contribution in [2.45, 2.75) is 52.5 Å². The molecular formula is C15H24N4. The van der Waals surface area contributed by atoms with Gasteiger partial charge in [0.25, 0.3) is 0 Å². The Bertz CT molecular complexity index is 538. The topological polar surface area (TPSA) is 42.7 Å². The minimum absolute atomic E-state index is 0.547. The Hall–Kier alpha value is -1.58. The van der Waals surface area contributed by atoms with Crippen LogP contribution in [0.2, 0.25) is 0 Å². The van der Waals surface area contributed by atoms with Gasteiger partial charge in [-0.25, -0.2) is 4.98 Å². The van der Waals surface area contributed by atoms with Crippen molar-refractivity contribution in [1.29, 1.82) is 0 Å². The van der Waals surface area contributed by atoms with E-state index in [9.17, 15) is 0 Å². The van der Waals surface area contributed by atoms with Gasteiger partial charge in [0.2, 0.25) is 0 Å². The van der Waals surface area contributed by atoms with Crippen molar-refractivity contribution in [3.05, 3.63) is 18.0 Å². The molecule has 0 saturated heterocycles. The lowest BCUT2D eigenvalue weighted by atomic mass is 10.1. The van der Waals surface area contributed by atoms with Crippen LogP contribution in [0.25, 0.3) is 11.0 Å². The number of hydrogen-bond donors (Lipinski definition) is 1. The summed E-state index contributed by atoms with van der Waals surface area (Å²) in [6, 6.07) is 2.72. The molecule has 0 atom stereocenters. The molecule has 0 saturated carbocycles. The molecule has 0 spiro atoms. The van der Waals surface area contributed by atoms with E-state index in [2.05, 4.69) is 35.3 Å². The van der Waals surface area contributed by atoms with Crippen LogP contribution in [0.3, 0.4) is 0 Å². The van der Waals surface area contributed by atoms with E-state index in [-0.39, 0.29) is 0 Å². The Morgan fingerprint density at radius 2 is 1.95 bits per heavy atom. The molecule has 4 heteroatoms. The molecule has 0 amide bonds. The van der Waals surface area contributed by atoms with E-state index >= 15 is 0 Å². The van der Waals surface area contributed by atoms with Crippen LogP contribution in [-0.4, -0.2) is 20.8 Å². The number of hydrogen-bond acceptors (Lipinski definition) is 3. The Kier molecular flexibility index (Phi) is 4.40. The van der Waals surface area contributed by atoms with E-state index in [0.717, 1.165) is 22.4 Å². The molecule has 0 radical (unpaired) electrons. The lowest BCUT2D eigenvalue weighted by molar-refractivity contribution is 0.586. The third kappa shape index (κ3) is 3.06. The van der Waals surface area contributed by atoms with Crippen LogP contribution in [0.5, 0.6) is 0 Å². The first kappa shape index (κ1) is 13.8. The molecule has 1 N–H and O–H groups in total. The van der Waals surface area contributed by atoms with Gasteiger partial charge in [0.15, 0.2) is 5.65 Å². The van der Waals surface area contributed by atoms with Gasteiger partial charge in [-0.15, -0.1) is 0 Å². The van der Waals surface area contributed by atoms with Gasteiger partial charge in [-0.05, 0) is 25.8 Å². The molecule has 0 aliphatic carbocycles. The zero-order valence-corrected chi connectivity index (χ0v) is 12.4. The fourth-order valence-electron chi connectivity index (χ4n) is 2.61. The third-order valence-corrected chi connectivity index (χ3v) is 3.51. The van der Waals surface area contributed by atoms with E-state index in [1.165, 1.54) is 25.7 Å². The van der Waals surface area contributed by atoms with E-state index in [1.807, 2.05) is 24.9 Å². The lowest BCUT2D eigenvalue weighted by Crippen LogP contribution is -2.18. The molecule has 2 aromatic heterocycles. The summed E-state index contributed by atoms with van der Waals surface area (Å²) in [4.78, 5) is 4.51. The van der Waals surface area contributed by atoms with Crippen molar-refractivity contribution in [1.82, 2.24) is 14.8 Å². The SMILES string of the molecule is CCCC(CCC)Nc1cnc2c(c1)c(C)nn2C. The fraction of sp³-hybridized carbons (Fsp3) is 0.600. The summed E-state index contributed by atoms with van der Waals surface area (Å²) >= 11 is 0. The zero-order chi connectivity index (χ0) is 13.8. The van der Waals surface area contributed by atoms with Gasteiger partial charge in [0.05, 0.1) is 17.6 Å². The van der Waals surface area contributed by atoms with E-state index < -0.39 is 0 Å². The Balaban J connectivity index is 2.22. The average Bonchev–Trinajstić information content (AvgIpc) is 2.65. The quantitative estimate of drug-likeness (QED) is 0.862. The maximum atomic E-state index is 4.51. The Labute approximate surface area is 115 Å². The number of aromatic nitrogens is 3. The van der Waals surface area contributed by atoms with Crippen LogP contribution in [0.1, 0.15) is 45.2 Å². The Morgan fingerprint density at radius 1 is 1.26 bits per heavy atom. The lowest BCUT2D eigenvalue weighted by Gasteiger charge is -2.18. The highest BCUT2D eigenvalue weighted by molar-refractivity contribution is 5.81. The number of rotatable bonds is 6. The van der Waals surface area contributed by atoms with Crippen LogP contribution in [-0.2, 0) is 7.05 Å². The minimum atomic E-state index is 0.547. The van der Waals surface area contributed by atoms with Gasteiger partial charge >= 0.3 is 0 Å². The molecule has 104 valence electrons. The number of aryl methyl sites for hydroxylation is 2. The van der Waals surface area contributed by atoms with Gasteiger partial charge in [0.1, 0.15) is 0 Å². The largest absolute Gasteiger partial charge is 0.381 e. The highest BCUT2D eigenvalue weighted by Crippen LogP contribution is 2.21. The first-order valence-corrected chi connectivity index (χ1v) is 7.21. The molecule has 0 aromatic carbocycles. The van der Waals surface area contributed by atoms with Crippen molar-refractivity contribution < 1.29 is 0 Å². The van der Waals surface area contributed by atoms with Crippen LogP contribution >= 0.6 is 0 Å². The van der Waals surface area contributed by atoms with Crippen LogP contribution in [0.15, 0.2) is 12.3 Å². The first-order chi connectivity index (χ1) is 9.15. The van der Waals surface area contributed by atoms with Crippen LogP contribution in [0, 0.1) is 6.92 Å². The molecule has 4 nitrogen and oxygen atoms in total. The molecule has 0 aliphatic heterocycles. The van der Waals surface area contributed by atoms with Crippen LogP contribution < -0.4 is 5.32 Å². The summed E-state index contributed by atoms with van der Waals surface area (Å²) in [7, 11) is 1.94. The molecular weight excluding hydrogens is 236 g/mol. The molecule has 19 heavy (non-hydrogen) atoms. The summed E-state index contributed by atoms with van der Waals surface area (Å²) in [5, 5.41) is 9.16. The molecule has 0 bridgehead atoms. The second-order valence-corrected chi connectivity index (χ2v) is 5.22. The highest BCUT2D eigenvalue weighted by Gasteiger charge is 2.10. The number of nitrogens with one attached hydrogen (secondary N) is 1. The Morgan fingerprint density at radius 3 is 2.58 bits per heavy atom. The molecule has 2 heterocycles. The van der Waals surface area contributed by atoms with Gasteiger partial charge in [-0.3, -0.25) is 4.68 Å². The van der Waals surface area contributed by atoms with Gasteiger partial charge in [0, 0.05) is 18.5 Å². The highest BCUT2D eigenvalue weighted by atomic mass is 15.3. The normalized spacial score (nSPS) is 11.4. The summed E-state index contributed by atoms with van der Waals surface area (Å²) in [6.45, 7) is 6.50. The average molecular weight is 260 g/mol. The number of anilines is 1. The predicted octanol–water partition coefficient (Wildman–Crippen LogP) is 3.66. The monoisotopic (exact) mass is 260 g/mol. The number of fused-ring (bicyclic) bond motifs is 1. The van der Waals surface area contributed by atoms with Gasteiger partial charge < -0.3 is 5.32 Å². The second-order valence-electron chi connectivity index (χ2n) is 5.22. The van der Waals surface area contributed by atoms with Crippen molar-refractivity contribution >= 4 is 16.7 Å². The number of nitrogens with zero attached hydrogens (tertiary/aromatic N) is 3. The summed E-state index contributed by atoms with van der Waals surface area (Å²) in [5.41, 5.74) is 3.09. The second kappa shape index (κ2) is 6.04. The maximum Gasteiger partial charge on any atom is 0.157 e. The van der Waals surface area contributed by atoms with E-state index in [1.54, 1.807) is 0 Å². The van der Waals surface area contributed by atoms with Crippen LogP contribution in [0.4, 0.5) is 5.69 Å². The molecule has 0 aliphatic rings. The van der Waals surface area contributed by atoms with Crippen molar-refractivity contribution in [2.75, 3.05) is 5.32 Å². The zero-order valence-electron chi connectivity index (χ0n) is 12.4. The maximum absolute atomic E-state index is 4.51. The van der Waals surface area contributed by atoms with Crippen molar-refractivity contribution in [2.24, 2.45) is 7.05 Å². The minimum Gasteiger partial charge on any atom is -0.381 e. The smallest absolute Gasteiger partial charge is 0.157 e. The van der Waals surface area contributed by atoms with E-state index in [0.29, 0.717) is 6.04 Å². The molecule has 2 rings (SSSR count). The molecule has 0 unspecified atom stereocenters. The summed E-state index contributed by atoms with van der Waals surface area (Å²) in [5.74, 6) is 0. The molecule has 2 aromatic rings. The summed E-state index contributed by atoms with van der Waals surface area (Å²) < 4.78 is 1.84. The first-order valence-electron chi connectivity index (χ1n) is 7.21. The van der Waals surface area contributed by atoms with Crippen molar-refractivity contribution in [3.63, 3.8) is 0 Å². The van der Waals surface area contributed by atoms with Gasteiger partial charge in [-0.2, -0.15) is 5.10 Å². The third-order valence-electron chi connectivity index (χ3n) is 3.51. The molecule has 0 fully saturated rings. The fourth-order valence-corrected chi connectivity index (χ4v) is 2.61. The van der Waals surface area contributed by atoms with Gasteiger partial charge in [-0.1, -0.05) is 26.7 Å². The number of pyridine rings is 1.